The van der Waals surface area contributed by atoms with Crippen molar-refractivity contribution in [3.63, 3.8) is 0 Å². The molecule has 0 saturated carbocycles. The van der Waals surface area contributed by atoms with Crippen LogP contribution in [0.1, 0.15) is 66.2 Å². The smallest absolute Gasteiger partial charge is 0.322 e. The molecule has 0 aliphatic carbocycles. The van der Waals surface area contributed by atoms with Crippen LogP contribution in [0.2, 0.25) is 0 Å². The van der Waals surface area contributed by atoms with Crippen LogP contribution in [-0.2, 0) is 19.1 Å². The molecule has 0 radical (unpaired) electrons. The maximum absolute atomic E-state index is 11.6. The SMILES string of the molecule is CCCCCCOC(=O)[C@@H](N)CCC(=O)OC(C)(C)C. The van der Waals surface area contributed by atoms with Gasteiger partial charge in [-0.25, -0.2) is 0 Å². The van der Waals surface area contributed by atoms with E-state index in [1.165, 1.54) is 0 Å². The number of unbranched alkanes of at least 4 members (excludes halogenated alkanes) is 3. The molecule has 0 spiro atoms. The van der Waals surface area contributed by atoms with E-state index in [1.54, 1.807) is 20.8 Å². The average Bonchev–Trinajstić information content (AvgIpc) is 2.33. The first-order chi connectivity index (χ1) is 9.26. The molecule has 0 bridgehead atoms. The zero-order chi connectivity index (χ0) is 15.6. The molecule has 2 N–H and O–H groups in total. The van der Waals surface area contributed by atoms with E-state index in [0.29, 0.717) is 6.61 Å². The lowest BCUT2D eigenvalue weighted by molar-refractivity contribution is -0.155. The number of hydrogen-bond donors (Lipinski definition) is 1. The van der Waals surface area contributed by atoms with Crippen LogP contribution in [0.15, 0.2) is 0 Å². The first-order valence-electron chi connectivity index (χ1n) is 7.40. The summed E-state index contributed by atoms with van der Waals surface area (Å²) in [6.07, 6.45) is 4.58. The number of ether oxygens (including phenoxy) is 2. The Hall–Kier alpha value is -1.10. The van der Waals surface area contributed by atoms with Crippen molar-refractivity contribution in [2.24, 2.45) is 5.73 Å². The van der Waals surface area contributed by atoms with Gasteiger partial charge in [0, 0.05) is 6.42 Å². The third-order valence-electron chi connectivity index (χ3n) is 2.62. The van der Waals surface area contributed by atoms with Gasteiger partial charge < -0.3 is 15.2 Å². The second-order valence-corrected chi connectivity index (χ2v) is 5.96. The van der Waals surface area contributed by atoms with Gasteiger partial charge in [-0.2, -0.15) is 0 Å². The van der Waals surface area contributed by atoms with Gasteiger partial charge in [0.25, 0.3) is 0 Å². The minimum Gasteiger partial charge on any atom is -0.465 e. The van der Waals surface area contributed by atoms with Crippen LogP contribution < -0.4 is 5.73 Å². The van der Waals surface area contributed by atoms with E-state index < -0.39 is 17.6 Å². The number of hydrogen-bond acceptors (Lipinski definition) is 5. The molecule has 0 aromatic carbocycles. The van der Waals surface area contributed by atoms with Crippen molar-refractivity contribution in [1.82, 2.24) is 0 Å². The quantitative estimate of drug-likeness (QED) is 0.521. The van der Waals surface area contributed by atoms with Gasteiger partial charge in [0.05, 0.1) is 6.61 Å². The molecule has 5 heteroatoms. The van der Waals surface area contributed by atoms with Crippen molar-refractivity contribution in [3.05, 3.63) is 0 Å². The molecule has 0 amide bonds. The molecule has 0 aliphatic rings. The zero-order valence-electron chi connectivity index (χ0n) is 13.2. The summed E-state index contributed by atoms with van der Waals surface area (Å²) in [7, 11) is 0. The summed E-state index contributed by atoms with van der Waals surface area (Å²) < 4.78 is 10.2. The first kappa shape index (κ1) is 18.9. The third kappa shape index (κ3) is 10.8. The summed E-state index contributed by atoms with van der Waals surface area (Å²) in [5.41, 5.74) is 5.17. The third-order valence-corrected chi connectivity index (χ3v) is 2.62. The Kier molecular flexibility index (Phi) is 9.21. The van der Waals surface area contributed by atoms with Crippen molar-refractivity contribution in [3.8, 4) is 0 Å². The molecule has 0 heterocycles. The van der Waals surface area contributed by atoms with Crippen LogP contribution in [-0.4, -0.2) is 30.2 Å². The fraction of sp³-hybridized carbons (Fsp3) is 0.867. The Morgan fingerprint density at radius 1 is 1.15 bits per heavy atom. The number of carbonyl (C=O) groups is 2. The van der Waals surface area contributed by atoms with Gasteiger partial charge in [0.15, 0.2) is 0 Å². The van der Waals surface area contributed by atoms with Gasteiger partial charge in [-0.1, -0.05) is 26.2 Å². The molecule has 0 aliphatic heterocycles. The summed E-state index contributed by atoms with van der Waals surface area (Å²) in [5, 5.41) is 0. The number of esters is 2. The second-order valence-electron chi connectivity index (χ2n) is 5.96. The predicted molar refractivity (Wildman–Crippen MR) is 78.2 cm³/mol. The Morgan fingerprint density at radius 3 is 2.35 bits per heavy atom. The van der Waals surface area contributed by atoms with E-state index in [-0.39, 0.29) is 18.8 Å². The van der Waals surface area contributed by atoms with E-state index >= 15 is 0 Å². The molecule has 0 unspecified atom stereocenters. The van der Waals surface area contributed by atoms with E-state index in [9.17, 15) is 9.59 Å². The number of nitrogens with two attached hydrogens (primary N) is 1. The van der Waals surface area contributed by atoms with Crippen molar-refractivity contribution in [2.45, 2.75) is 77.9 Å². The monoisotopic (exact) mass is 287 g/mol. The number of carbonyl (C=O) groups excluding carboxylic acids is 2. The lowest BCUT2D eigenvalue weighted by Gasteiger charge is -2.20. The lowest BCUT2D eigenvalue weighted by Crippen LogP contribution is -2.34. The standard InChI is InChI=1S/C15H29NO4/c1-5-6-7-8-11-19-14(18)12(16)9-10-13(17)20-15(2,3)4/h12H,5-11,16H2,1-4H3/t12-/m0/s1. The Labute approximate surface area is 122 Å². The maximum atomic E-state index is 11.6. The van der Waals surface area contributed by atoms with E-state index in [0.717, 1.165) is 25.7 Å². The average molecular weight is 287 g/mol. The Bertz CT molecular complexity index is 297. The van der Waals surface area contributed by atoms with Gasteiger partial charge in [0.2, 0.25) is 0 Å². The van der Waals surface area contributed by atoms with Crippen LogP contribution in [0.3, 0.4) is 0 Å². The predicted octanol–water partition coefficient (Wildman–Crippen LogP) is 2.56. The summed E-state index contributed by atoms with van der Waals surface area (Å²) >= 11 is 0. The van der Waals surface area contributed by atoms with Gasteiger partial charge in [-0.15, -0.1) is 0 Å². The van der Waals surface area contributed by atoms with E-state index in [1.807, 2.05) is 0 Å². The largest absolute Gasteiger partial charge is 0.465 e. The molecule has 5 nitrogen and oxygen atoms in total. The lowest BCUT2D eigenvalue weighted by atomic mass is 10.1. The topological polar surface area (TPSA) is 78.6 Å². The molecule has 0 aromatic rings. The molecule has 1 atom stereocenters. The molecule has 0 aromatic heterocycles. The van der Waals surface area contributed by atoms with Crippen molar-refractivity contribution < 1.29 is 19.1 Å². The van der Waals surface area contributed by atoms with Crippen molar-refractivity contribution in [1.29, 1.82) is 0 Å². The van der Waals surface area contributed by atoms with Crippen molar-refractivity contribution >= 4 is 11.9 Å². The summed E-state index contributed by atoms with van der Waals surface area (Å²) in [4.78, 5) is 23.1. The second kappa shape index (κ2) is 9.75. The highest BCUT2D eigenvalue weighted by molar-refractivity contribution is 5.77. The van der Waals surface area contributed by atoms with E-state index in [2.05, 4.69) is 6.92 Å². The molecular weight excluding hydrogens is 258 g/mol. The van der Waals surface area contributed by atoms with Crippen LogP contribution in [0.5, 0.6) is 0 Å². The molecular formula is C15H29NO4. The van der Waals surface area contributed by atoms with Crippen LogP contribution in [0, 0.1) is 0 Å². The molecule has 0 fully saturated rings. The zero-order valence-corrected chi connectivity index (χ0v) is 13.2. The van der Waals surface area contributed by atoms with Crippen LogP contribution >= 0.6 is 0 Å². The molecule has 0 saturated heterocycles. The maximum Gasteiger partial charge on any atom is 0.322 e. The highest BCUT2D eigenvalue weighted by Crippen LogP contribution is 2.10. The first-order valence-corrected chi connectivity index (χ1v) is 7.40. The highest BCUT2D eigenvalue weighted by Gasteiger charge is 2.20. The van der Waals surface area contributed by atoms with Gasteiger partial charge in [-0.3, -0.25) is 9.59 Å². The van der Waals surface area contributed by atoms with Gasteiger partial charge in [0.1, 0.15) is 11.6 Å². The Balaban J connectivity index is 3.77. The molecule has 118 valence electrons. The normalized spacial score (nSPS) is 12.8. The number of rotatable bonds is 9. The fourth-order valence-electron chi connectivity index (χ4n) is 1.59. The fourth-order valence-corrected chi connectivity index (χ4v) is 1.59. The summed E-state index contributed by atoms with van der Waals surface area (Å²) in [6, 6.07) is -0.756. The Morgan fingerprint density at radius 2 is 1.80 bits per heavy atom. The minimum atomic E-state index is -0.756. The molecule has 20 heavy (non-hydrogen) atoms. The van der Waals surface area contributed by atoms with Crippen LogP contribution in [0.25, 0.3) is 0 Å². The van der Waals surface area contributed by atoms with Gasteiger partial charge in [-0.05, 0) is 33.6 Å². The minimum absolute atomic E-state index is 0.128. The summed E-state index contributed by atoms with van der Waals surface area (Å²) in [6.45, 7) is 7.93. The van der Waals surface area contributed by atoms with Crippen molar-refractivity contribution in [2.75, 3.05) is 6.61 Å². The summed E-state index contributed by atoms with van der Waals surface area (Å²) in [5.74, 6) is -0.784. The van der Waals surface area contributed by atoms with Gasteiger partial charge >= 0.3 is 11.9 Å². The van der Waals surface area contributed by atoms with Crippen LogP contribution in [0.4, 0.5) is 0 Å². The molecule has 0 rings (SSSR count). The van der Waals surface area contributed by atoms with E-state index in [4.69, 9.17) is 15.2 Å². The highest BCUT2D eigenvalue weighted by atomic mass is 16.6.